The highest BCUT2D eigenvalue weighted by atomic mass is 32.2. The number of piperidine rings is 1. The van der Waals surface area contributed by atoms with Crippen LogP contribution < -0.4 is 0 Å². The quantitative estimate of drug-likeness (QED) is 0.853. The van der Waals surface area contributed by atoms with Crippen LogP contribution in [-0.2, 0) is 16.6 Å². The molecule has 2 fully saturated rings. The summed E-state index contributed by atoms with van der Waals surface area (Å²) in [4.78, 5) is 6.66. The number of aliphatic hydroxyl groups is 1. The molecule has 122 valence electrons. The van der Waals surface area contributed by atoms with E-state index in [0.717, 1.165) is 31.7 Å². The van der Waals surface area contributed by atoms with E-state index in [1.165, 1.54) is 10.6 Å². The largest absolute Gasteiger partial charge is 0.396 e. The van der Waals surface area contributed by atoms with Crippen LogP contribution in [-0.4, -0.2) is 66.8 Å². The van der Waals surface area contributed by atoms with E-state index in [-0.39, 0.29) is 17.9 Å². The number of hydrogen-bond donors (Lipinski definition) is 1. The van der Waals surface area contributed by atoms with Gasteiger partial charge in [-0.2, -0.15) is 0 Å². The number of aliphatic hydroxyl groups excluding tert-OH is 1. The highest BCUT2D eigenvalue weighted by molar-refractivity contribution is 7.88. The molecule has 2 aliphatic heterocycles. The topological polar surface area (TPSA) is 73.7 Å². The third-order valence-electron chi connectivity index (χ3n) is 5.08. The minimum Gasteiger partial charge on any atom is -0.396 e. The first kappa shape index (κ1) is 15.9. The summed E-state index contributed by atoms with van der Waals surface area (Å²) in [6, 6.07) is 5.88. The van der Waals surface area contributed by atoms with Gasteiger partial charge in [0, 0.05) is 37.8 Å². The SMILES string of the molecule is CS(=O)(=O)N1C[C@H]2CN(Cc3ccccn3)CC[C@@]2(CO)C1. The van der Waals surface area contributed by atoms with Crippen LogP contribution >= 0.6 is 0 Å². The van der Waals surface area contributed by atoms with E-state index >= 15 is 0 Å². The molecule has 0 radical (unpaired) electrons. The van der Waals surface area contributed by atoms with Gasteiger partial charge in [0.15, 0.2) is 0 Å². The Labute approximate surface area is 131 Å². The fourth-order valence-corrected chi connectivity index (χ4v) is 4.62. The Hall–Kier alpha value is -1.02. The normalized spacial score (nSPS) is 30.4. The van der Waals surface area contributed by atoms with Crippen LogP contribution in [0.25, 0.3) is 0 Å². The second-order valence-electron chi connectivity index (χ2n) is 6.58. The van der Waals surface area contributed by atoms with Gasteiger partial charge in [-0.25, -0.2) is 12.7 Å². The lowest BCUT2D eigenvalue weighted by Crippen LogP contribution is -2.48. The molecule has 6 nitrogen and oxygen atoms in total. The van der Waals surface area contributed by atoms with Gasteiger partial charge in [0.1, 0.15) is 0 Å². The predicted molar refractivity (Wildman–Crippen MR) is 83.6 cm³/mol. The predicted octanol–water partition coefficient (Wildman–Crippen LogP) is 0.157. The van der Waals surface area contributed by atoms with Crippen molar-refractivity contribution >= 4 is 10.0 Å². The summed E-state index contributed by atoms with van der Waals surface area (Å²) in [6.07, 6.45) is 3.87. The second-order valence-corrected chi connectivity index (χ2v) is 8.56. The van der Waals surface area contributed by atoms with Crippen molar-refractivity contribution in [1.29, 1.82) is 0 Å². The van der Waals surface area contributed by atoms with E-state index in [2.05, 4.69) is 9.88 Å². The second kappa shape index (κ2) is 5.88. The molecule has 0 unspecified atom stereocenters. The van der Waals surface area contributed by atoms with Gasteiger partial charge in [0.2, 0.25) is 10.0 Å². The molecule has 22 heavy (non-hydrogen) atoms. The van der Waals surface area contributed by atoms with Crippen LogP contribution in [0.5, 0.6) is 0 Å². The third-order valence-corrected chi connectivity index (χ3v) is 6.30. The standard InChI is InChI=1S/C15H23N3O3S/c1-22(20,21)18-9-13-8-17(7-5-15(13,11-18)12-19)10-14-4-2-3-6-16-14/h2-4,6,13,19H,5,7-12H2,1H3/t13-,15+/m1/s1. The zero-order valence-corrected chi connectivity index (χ0v) is 13.7. The van der Waals surface area contributed by atoms with E-state index in [1.807, 2.05) is 18.2 Å². The van der Waals surface area contributed by atoms with Crippen molar-refractivity contribution in [1.82, 2.24) is 14.2 Å². The van der Waals surface area contributed by atoms with E-state index < -0.39 is 10.0 Å². The Balaban J connectivity index is 1.72. The molecular weight excluding hydrogens is 302 g/mol. The molecule has 1 aromatic rings. The van der Waals surface area contributed by atoms with Crippen molar-refractivity contribution in [3.8, 4) is 0 Å². The lowest BCUT2D eigenvalue weighted by atomic mass is 9.73. The van der Waals surface area contributed by atoms with E-state index in [4.69, 9.17) is 0 Å². The van der Waals surface area contributed by atoms with Crippen LogP contribution in [0.1, 0.15) is 12.1 Å². The minimum absolute atomic E-state index is 0.0567. The number of rotatable bonds is 4. The first-order valence-electron chi connectivity index (χ1n) is 7.61. The summed E-state index contributed by atoms with van der Waals surface area (Å²) in [6.45, 7) is 3.47. The molecular formula is C15H23N3O3S. The van der Waals surface area contributed by atoms with Crippen molar-refractivity contribution in [3.05, 3.63) is 30.1 Å². The number of likely N-dealkylation sites (tertiary alicyclic amines) is 1. The molecule has 2 aliphatic rings. The number of hydrogen-bond acceptors (Lipinski definition) is 5. The molecule has 3 rings (SSSR count). The van der Waals surface area contributed by atoms with Gasteiger partial charge in [0.05, 0.1) is 18.6 Å². The highest BCUT2D eigenvalue weighted by Crippen LogP contribution is 2.43. The van der Waals surface area contributed by atoms with Crippen LogP contribution in [0.2, 0.25) is 0 Å². The van der Waals surface area contributed by atoms with Crippen molar-refractivity contribution in [2.45, 2.75) is 13.0 Å². The molecule has 1 aromatic heterocycles. The number of fused-ring (bicyclic) bond motifs is 1. The number of sulfonamides is 1. The molecule has 2 saturated heterocycles. The summed E-state index contributed by atoms with van der Waals surface area (Å²) in [5.74, 6) is 0.185. The molecule has 1 N–H and O–H groups in total. The van der Waals surface area contributed by atoms with Gasteiger partial charge in [-0.05, 0) is 31.0 Å². The van der Waals surface area contributed by atoms with Gasteiger partial charge in [-0.15, -0.1) is 0 Å². The Morgan fingerprint density at radius 3 is 2.86 bits per heavy atom. The van der Waals surface area contributed by atoms with Crippen LogP contribution in [0.4, 0.5) is 0 Å². The van der Waals surface area contributed by atoms with E-state index in [0.29, 0.717) is 13.1 Å². The first-order chi connectivity index (χ1) is 10.4. The molecule has 0 spiro atoms. The summed E-state index contributed by atoms with van der Waals surface area (Å²) < 4.78 is 25.2. The summed E-state index contributed by atoms with van der Waals surface area (Å²) in [5.41, 5.74) is 0.751. The number of nitrogens with zero attached hydrogens (tertiary/aromatic N) is 3. The van der Waals surface area contributed by atoms with Crippen molar-refractivity contribution in [2.75, 3.05) is 39.0 Å². The molecule has 7 heteroatoms. The summed E-state index contributed by atoms with van der Waals surface area (Å²) >= 11 is 0. The highest BCUT2D eigenvalue weighted by Gasteiger charge is 2.51. The molecule has 2 atom stereocenters. The monoisotopic (exact) mass is 325 g/mol. The Morgan fingerprint density at radius 1 is 1.41 bits per heavy atom. The molecule has 0 aliphatic carbocycles. The maximum atomic E-state index is 11.8. The Morgan fingerprint density at radius 2 is 2.23 bits per heavy atom. The van der Waals surface area contributed by atoms with Gasteiger partial charge in [-0.3, -0.25) is 9.88 Å². The van der Waals surface area contributed by atoms with Crippen LogP contribution in [0, 0.1) is 11.3 Å². The lowest BCUT2D eigenvalue weighted by molar-refractivity contribution is 0.0166. The third kappa shape index (κ3) is 3.03. The number of aromatic nitrogens is 1. The van der Waals surface area contributed by atoms with Crippen molar-refractivity contribution < 1.29 is 13.5 Å². The minimum atomic E-state index is -3.19. The molecule has 0 amide bonds. The molecule has 3 heterocycles. The van der Waals surface area contributed by atoms with E-state index in [1.54, 1.807) is 6.20 Å². The molecule has 0 bridgehead atoms. The van der Waals surface area contributed by atoms with Gasteiger partial charge < -0.3 is 5.11 Å². The van der Waals surface area contributed by atoms with Gasteiger partial charge in [0.25, 0.3) is 0 Å². The van der Waals surface area contributed by atoms with Gasteiger partial charge >= 0.3 is 0 Å². The van der Waals surface area contributed by atoms with Crippen molar-refractivity contribution in [3.63, 3.8) is 0 Å². The fourth-order valence-electron chi connectivity index (χ4n) is 3.68. The summed E-state index contributed by atoms with van der Waals surface area (Å²) in [5, 5.41) is 9.86. The zero-order valence-electron chi connectivity index (χ0n) is 12.9. The smallest absolute Gasteiger partial charge is 0.211 e. The average Bonchev–Trinajstić information content (AvgIpc) is 2.88. The molecule has 0 aromatic carbocycles. The zero-order chi connectivity index (χ0) is 15.8. The van der Waals surface area contributed by atoms with Crippen molar-refractivity contribution in [2.24, 2.45) is 11.3 Å². The maximum Gasteiger partial charge on any atom is 0.211 e. The number of pyridine rings is 1. The van der Waals surface area contributed by atoms with Crippen LogP contribution in [0.15, 0.2) is 24.4 Å². The van der Waals surface area contributed by atoms with E-state index in [9.17, 15) is 13.5 Å². The fraction of sp³-hybridized carbons (Fsp3) is 0.667. The summed E-state index contributed by atoms with van der Waals surface area (Å²) in [7, 11) is -3.19. The van der Waals surface area contributed by atoms with Gasteiger partial charge in [-0.1, -0.05) is 6.07 Å². The van der Waals surface area contributed by atoms with Crippen LogP contribution in [0.3, 0.4) is 0 Å². The maximum absolute atomic E-state index is 11.8. The Kier molecular flexibility index (Phi) is 4.24. The first-order valence-corrected chi connectivity index (χ1v) is 9.46. The average molecular weight is 325 g/mol. The lowest BCUT2D eigenvalue weighted by Gasteiger charge is -2.42. The Bertz CT molecular complexity index is 622. The molecule has 0 saturated carbocycles.